The lowest BCUT2D eigenvalue weighted by Gasteiger charge is -2.17. The second-order valence-corrected chi connectivity index (χ2v) is 4.24. The van der Waals surface area contributed by atoms with Crippen molar-refractivity contribution in [2.75, 3.05) is 7.05 Å². The summed E-state index contributed by atoms with van der Waals surface area (Å²) in [7, 11) is 1.81. The number of benzene rings is 2. The number of halogens is 1. The van der Waals surface area contributed by atoms with Gasteiger partial charge in [-0.05, 0) is 37.2 Å². The van der Waals surface area contributed by atoms with Crippen molar-refractivity contribution < 1.29 is 9.50 Å². The summed E-state index contributed by atoms with van der Waals surface area (Å²) in [5, 5.41) is 12.5. The maximum absolute atomic E-state index is 13.7. The molecule has 2 N–H and O–H groups in total. The molecule has 0 saturated heterocycles. The highest BCUT2D eigenvalue weighted by Gasteiger charge is 2.14. The molecule has 1 atom stereocenters. The van der Waals surface area contributed by atoms with Crippen LogP contribution in [0.2, 0.25) is 0 Å². The molecule has 0 aliphatic heterocycles. The van der Waals surface area contributed by atoms with Gasteiger partial charge in [0.25, 0.3) is 0 Å². The molecule has 2 aromatic carbocycles. The summed E-state index contributed by atoms with van der Waals surface area (Å²) in [5.41, 5.74) is 1.61. The smallest absolute Gasteiger partial charge is 0.127 e. The van der Waals surface area contributed by atoms with Gasteiger partial charge in [-0.2, -0.15) is 0 Å². The number of phenolic OH excluding ortho intramolecular Hbond substituents is 1. The van der Waals surface area contributed by atoms with Crippen LogP contribution in [0.1, 0.15) is 17.2 Å². The Morgan fingerprint density at radius 3 is 2.61 bits per heavy atom. The van der Waals surface area contributed by atoms with Gasteiger partial charge in [-0.1, -0.05) is 30.3 Å². The zero-order valence-electron chi connectivity index (χ0n) is 10.2. The van der Waals surface area contributed by atoms with E-state index in [4.69, 9.17) is 0 Å². The number of likely N-dealkylation sites (N-methyl/N-ethyl adjacent to an activating group) is 1. The first-order valence-corrected chi connectivity index (χ1v) is 5.90. The molecule has 2 rings (SSSR count). The van der Waals surface area contributed by atoms with Crippen LogP contribution in [-0.4, -0.2) is 12.2 Å². The third-order valence-electron chi connectivity index (χ3n) is 2.98. The Kier molecular flexibility index (Phi) is 3.95. The molecule has 0 spiro atoms. The first-order valence-electron chi connectivity index (χ1n) is 5.90. The summed E-state index contributed by atoms with van der Waals surface area (Å²) in [6.45, 7) is 0. The summed E-state index contributed by atoms with van der Waals surface area (Å²) in [6, 6.07) is 13.7. The van der Waals surface area contributed by atoms with Crippen LogP contribution in [0.5, 0.6) is 5.75 Å². The molecule has 0 aliphatic carbocycles. The van der Waals surface area contributed by atoms with E-state index < -0.39 is 0 Å². The third kappa shape index (κ3) is 2.87. The van der Waals surface area contributed by atoms with E-state index in [2.05, 4.69) is 5.32 Å². The van der Waals surface area contributed by atoms with Gasteiger partial charge in [-0.15, -0.1) is 0 Å². The van der Waals surface area contributed by atoms with Gasteiger partial charge in [0, 0.05) is 11.6 Å². The lowest BCUT2D eigenvalue weighted by Crippen LogP contribution is -2.20. The fourth-order valence-corrected chi connectivity index (χ4v) is 2.04. The second-order valence-electron chi connectivity index (χ2n) is 4.24. The number of phenols is 1. The highest BCUT2D eigenvalue weighted by Crippen LogP contribution is 2.22. The highest BCUT2D eigenvalue weighted by atomic mass is 19.1. The van der Waals surface area contributed by atoms with Gasteiger partial charge >= 0.3 is 0 Å². The van der Waals surface area contributed by atoms with E-state index in [0.717, 1.165) is 5.56 Å². The first-order chi connectivity index (χ1) is 8.70. The van der Waals surface area contributed by atoms with Crippen LogP contribution in [0.15, 0.2) is 48.5 Å². The lowest BCUT2D eigenvalue weighted by atomic mass is 9.98. The predicted octanol–water partition coefficient (Wildman–Crippen LogP) is 3.03. The zero-order chi connectivity index (χ0) is 13.0. The molecule has 0 bridgehead atoms. The average molecular weight is 245 g/mol. The minimum Gasteiger partial charge on any atom is -0.508 e. The maximum atomic E-state index is 13.7. The molecule has 94 valence electrons. The van der Waals surface area contributed by atoms with Crippen LogP contribution in [0.25, 0.3) is 0 Å². The Morgan fingerprint density at radius 2 is 1.94 bits per heavy atom. The Morgan fingerprint density at radius 1 is 1.17 bits per heavy atom. The Hall–Kier alpha value is -1.87. The Balaban J connectivity index is 2.23. The Bertz CT molecular complexity index is 527. The standard InChI is InChI=1S/C15H16FNO/c1-17-15(13-7-2-3-8-14(13)16)10-11-5-4-6-12(18)9-11/h2-9,15,17-18H,10H2,1H3. The van der Waals surface area contributed by atoms with Crippen molar-refractivity contribution in [3.05, 3.63) is 65.5 Å². The minimum atomic E-state index is -0.211. The van der Waals surface area contributed by atoms with Crippen molar-refractivity contribution in [2.24, 2.45) is 0 Å². The van der Waals surface area contributed by atoms with Crippen LogP contribution in [0.4, 0.5) is 4.39 Å². The number of hydrogen-bond donors (Lipinski definition) is 2. The summed E-state index contributed by atoms with van der Waals surface area (Å²) >= 11 is 0. The predicted molar refractivity (Wildman–Crippen MR) is 70.0 cm³/mol. The number of aromatic hydroxyl groups is 1. The van der Waals surface area contributed by atoms with Gasteiger partial charge in [0.1, 0.15) is 11.6 Å². The van der Waals surface area contributed by atoms with Gasteiger partial charge in [0.15, 0.2) is 0 Å². The van der Waals surface area contributed by atoms with Crippen molar-refractivity contribution in [1.82, 2.24) is 5.32 Å². The van der Waals surface area contributed by atoms with E-state index in [-0.39, 0.29) is 17.6 Å². The first kappa shape index (κ1) is 12.6. The van der Waals surface area contributed by atoms with Crippen molar-refractivity contribution in [3.8, 4) is 5.75 Å². The van der Waals surface area contributed by atoms with E-state index in [1.807, 2.05) is 12.1 Å². The molecule has 0 amide bonds. The normalized spacial score (nSPS) is 12.3. The fourth-order valence-electron chi connectivity index (χ4n) is 2.04. The van der Waals surface area contributed by atoms with E-state index >= 15 is 0 Å². The average Bonchev–Trinajstić information content (AvgIpc) is 2.37. The van der Waals surface area contributed by atoms with Crippen LogP contribution in [0, 0.1) is 5.82 Å². The molecule has 0 heterocycles. The SMILES string of the molecule is CNC(Cc1cccc(O)c1)c1ccccc1F. The van der Waals surface area contributed by atoms with Crippen molar-refractivity contribution >= 4 is 0 Å². The summed E-state index contributed by atoms with van der Waals surface area (Å²) in [4.78, 5) is 0. The van der Waals surface area contributed by atoms with E-state index in [1.165, 1.54) is 6.07 Å². The quantitative estimate of drug-likeness (QED) is 0.867. The number of nitrogens with one attached hydrogen (secondary N) is 1. The highest BCUT2D eigenvalue weighted by molar-refractivity contribution is 5.30. The van der Waals surface area contributed by atoms with Crippen molar-refractivity contribution in [2.45, 2.75) is 12.5 Å². The second kappa shape index (κ2) is 5.65. The molecule has 3 heteroatoms. The number of rotatable bonds is 4. The van der Waals surface area contributed by atoms with Gasteiger partial charge in [0.2, 0.25) is 0 Å². The van der Waals surface area contributed by atoms with Gasteiger partial charge in [-0.3, -0.25) is 0 Å². The van der Waals surface area contributed by atoms with Crippen molar-refractivity contribution in [1.29, 1.82) is 0 Å². The summed E-state index contributed by atoms with van der Waals surface area (Å²) < 4.78 is 13.7. The summed E-state index contributed by atoms with van der Waals surface area (Å²) in [5.74, 6) is 0.0212. The van der Waals surface area contributed by atoms with Gasteiger partial charge in [0.05, 0.1) is 0 Å². The molecule has 0 aromatic heterocycles. The summed E-state index contributed by atoms with van der Waals surface area (Å²) in [6.07, 6.45) is 0.631. The van der Waals surface area contributed by atoms with Gasteiger partial charge in [-0.25, -0.2) is 4.39 Å². The molecule has 0 radical (unpaired) electrons. The van der Waals surface area contributed by atoms with E-state index in [1.54, 1.807) is 37.4 Å². The maximum Gasteiger partial charge on any atom is 0.127 e. The topological polar surface area (TPSA) is 32.3 Å². The Labute approximate surface area is 106 Å². The van der Waals surface area contributed by atoms with Crippen LogP contribution < -0.4 is 5.32 Å². The van der Waals surface area contributed by atoms with Crippen LogP contribution in [-0.2, 0) is 6.42 Å². The molecule has 2 aromatic rings. The van der Waals surface area contributed by atoms with E-state index in [9.17, 15) is 9.50 Å². The molecule has 18 heavy (non-hydrogen) atoms. The van der Waals surface area contributed by atoms with Crippen molar-refractivity contribution in [3.63, 3.8) is 0 Å². The number of hydrogen-bond acceptors (Lipinski definition) is 2. The largest absolute Gasteiger partial charge is 0.508 e. The third-order valence-corrected chi connectivity index (χ3v) is 2.98. The molecule has 0 fully saturated rings. The molecule has 2 nitrogen and oxygen atoms in total. The van der Waals surface area contributed by atoms with Crippen LogP contribution >= 0.6 is 0 Å². The van der Waals surface area contributed by atoms with E-state index in [0.29, 0.717) is 12.0 Å². The molecule has 1 unspecified atom stereocenters. The van der Waals surface area contributed by atoms with Gasteiger partial charge < -0.3 is 10.4 Å². The zero-order valence-corrected chi connectivity index (χ0v) is 10.2. The molecule has 0 aliphatic rings. The molecular weight excluding hydrogens is 229 g/mol. The fraction of sp³-hybridized carbons (Fsp3) is 0.200. The molecular formula is C15H16FNO. The minimum absolute atomic E-state index is 0.104. The molecule has 0 saturated carbocycles. The van der Waals surface area contributed by atoms with Crippen LogP contribution in [0.3, 0.4) is 0 Å². The monoisotopic (exact) mass is 245 g/mol. The lowest BCUT2D eigenvalue weighted by molar-refractivity contribution is 0.473.